The number of nitrogens with two attached hydrogens (primary N) is 1. The first-order valence-corrected chi connectivity index (χ1v) is 7.10. The van der Waals surface area contributed by atoms with Crippen LogP contribution in [0.4, 0.5) is 11.5 Å². The summed E-state index contributed by atoms with van der Waals surface area (Å²) in [6.07, 6.45) is 0. The van der Waals surface area contributed by atoms with Crippen LogP contribution in [0.5, 0.6) is 5.75 Å². The van der Waals surface area contributed by atoms with Gasteiger partial charge < -0.3 is 15.4 Å². The first kappa shape index (κ1) is 16.9. The number of aromatic nitrogens is 1. The van der Waals surface area contributed by atoms with E-state index in [1.54, 1.807) is 7.11 Å². The smallest absolute Gasteiger partial charge is 0.132 e. The molecule has 0 saturated heterocycles. The molecule has 5 heteroatoms. The summed E-state index contributed by atoms with van der Waals surface area (Å²) in [4.78, 5) is 6.60. The standard InChI is InChI=1S/C18H19N3O.ClH/c1-21(2)14-8-7-12-10-17(20-18(19)16(12)11-14)13-5-4-6-15(9-13)22-3;/h4-11H,1-3H3,(H2,19,20);1H. The van der Waals surface area contributed by atoms with E-state index in [1.807, 2.05) is 38.4 Å². The van der Waals surface area contributed by atoms with Gasteiger partial charge in [-0.2, -0.15) is 0 Å². The van der Waals surface area contributed by atoms with Crippen molar-refractivity contribution in [2.75, 3.05) is 31.8 Å². The molecule has 0 aliphatic carbocycles. The van der Waals surface area contributed by atoms with Crippen LogP contribution >= 0.6 is 12.4 Å². The summed E-state index contributed by atoms with van der Waals surface area (Å²) in [5, 5.41) is 2.05. The van der Waals surface area contributed by atoms with Crippen LogP contribution in [-0.2, 0) is 0 Å². The Hall–Kier alpha value is -2.46. The number of nitrogens with zero attached hydrogens (tertiary/aromatic N) is 2. The van der Waals surface area contributed by atoms with Crippen molar-refractivity contribution >= 4 is 34.7 Å². The number of methoxy groups -OCH3 is 1. The van der Waals surface area contributed by atoms with Crippen LogP contribution in [0.15, 0.2) is 48.5 Å². The van der Waals surface area contributed by atoms with Crippen LogP contribution < -0.4 is 15.4 Å². The van der Waals surface area contributed by atoms with Gasteiger partial charge in [-0.1, -0.05) is 18.2 Å². The van der Waals surface area contributed by atoms with Crippen molar-refractivity contribution in [3.8, 4) is 17.0 Å². The van der Waals surface area contributed by atoms with E-state index < -0.39 is 0 Å². The van der Waals surface area contributed by atoms with Gasteiger partial charge in [0.1, 0.15) is 11.6 Å². The Balaban J connectivity index is 0.00000192. The highest BCUT2D eigenvalue weighted by Crippen LogP contribution is 2.30. The van der Waals surface area contributed by atoms with E-state index in [4.69, 9.17) is 10.5 Å². The van der Waals surface area contributed by atoms with Gasteiger partial charge in [0.05, 0.1) is 12.8 Å². The van der Waals surface area contributed by atoms with Gasteiger partial charge in [0.25, 0.3) is 0 Å². The highest BCUT2D eigenvalue weighted by Gasteiger charge is 2.08. The Morgan fingerprint density at radius 3 is 2.52 bits per heavy atom. The lowest BCUT2D eigenvalue weighted by atomic mass is 10.1. The van der Waals surface area contributed by atoms with Gasteiger partial charge >= 0.3 is 0 Å². The van der Waals surface area contributed by atoms with Crippen LogP contribution in [0.2, 0.25) is 0 Å². The molecular formula is C18H20ClN3O. The molecule has 0 saturated carbocycles. The minimum atomic E-state index is 0. The zero-order valence-electron chi connectivity index (χ0n) is 13.4. The van der Waals surface area contributed by atoms with Crippen molar-refractivity contribution in [3.63, 3.8) is 0 Å². The summed E-state index contributed by atoms with van der Waals surface area (Å²) in [5.74, 6) is 1.35. The molecule has 0 amide bonds. The molecule has 0 spiro atoms. The molecule has 120 valence electrons. The monoisotopic (exact) mass is 329 g/mol. The van der Waals surface area contributed by atoms with Gasteiger partial charge in [0.2, 0.25) is 0 Å². The van der Waals surface area contributed by atoms with E-state index in [0.717, 1.165) is 33.5 Å². The Kier molecular flexibility index (Phi) is 4.96. The van der Waals surface area contributed by atoms with Crippen LogP contribution in [0, 0.1) is 0 Å². The number of hydrogen-bond donors (Lipinski definition) is 1. The van der Waals surface area contributed by atoms with E-state index in [1.165, 1.54) is 0 Å². The summed E-state index contributed by atoms with van der Waals surface area (Å²) in [7, 11) is 5.68. The summed E-state index contributed by atoms with van der Waals surface area (Å²) in [6, 6.07) is 16.1. The summed E-state index contributed by atoms with van der Waals surface area (Å²) < 4.78 is 5.27. The Bertz CT molecular complexity index is 834. The number of ether oxygens (including phenoxy) is 1. The number of benzene rings is 2. The van der Waals surface area contributed by atoms with Gasteiger partial charge in [-0.05, 0) is 35.7 Å². The molecule has 3 rings (SSSR count). The molecule has 0 bridgehead atoms. The minimum Gasteiger partial charge on any atom is -0.497 e. The Morgan fingerprint density at radius 1 is 1.04 bits per heavy atom. The Morgan fingerprint density at radius 2 is 1.83 bits per heavy atom. The van der Waals surface area contributed by atoms with Crippen molar-refractivity contribution in [3.05, 3.63) is 48.5 Å². The number of fused-ring (bicyclic) bond motifs is 1. The van der Waals surface area contributed by atoms with Gasteiger partial charge in [0, 0.05) is 30.7 Å². The topological polar surface area (TPSA) is 51.4 Å². The first-order chi connectivity index (χ1) is 10.6. The van der Waals surface area contributed by atoms with Crippen molar-refractivity contribution in [1.82, 2.24) is 4.98 Å². The van der Waals surface area contributed by atoms with Gasteiger partial charge in [0.15, 0.2) is 0 Å². The predicted molar refractivity (Wildman–Crippen MR) is 99.7 cm³/mol. The van der Waals surface area contributed by atoms with E-state index in [9.17, 15) is 0 Å². The molecule has 0 aliphatic rings. The number of halogens is 1. The normalized spacial score (nSPS) is 10.2. The highest BCUT2D eigenvalue weighted by molar-refractivity contribution is 5.95. The highest BCUT2D eigenvalue weighted by atomic mass is 35.5. The molecule has 2 aromatic carbocycles. The van der Waals surface area contributed by atoms with E-state index >= 15 is 0 Å². The molecule has 0 atom stereocenters. The fourth-order valence-electron chi connectivity index (χ4n) is 2.47. The largest absolute Gasteiger partial charge is 0.497 e. The molecule has 23 heavy (non-hydrogen) atoms. The van der Waals surface area contributed by atoms with Crippen molar-refractivity contribution < 1.29 is 4.74 Å². The average Bonchev–Trinajstić information content (AvgIpc) is 2.54. The molecule has 1 heterocycles. The fourth-order valence-corrected chi connectivity index (χ4v) is 2.47. The molecule has 0 fully saturated rings. The lowest BCUT2D eigenvalue weighted by Crippen LogP contribution is -2.08. The molecule has 0 aliphatic heterocycles. The maximum absolute atomic E-state index is 6.17. The number of anilines is 2. The molecule has 0 unspecified atom stereocenters. The third kappa shape index (κ3) is 3.32. The zero-order chi connectivity index (χ0) is 15.7. The van der Waals surface area contributed by atoms with Crippen LogP contribution in [0.25, 0.3) is 22.0 Å². The van der Waals surface area contributed by atoms with E-state index in [-0.39, 0.29) is 12.4 Å². The summed E-state index contributed by atoms with van der Waals surface area (Å²) >= 11 is 0. The maximum Gasteiger partial charge on any atom is 0.132 e. The average molecular weight is 330 g/mol. The predicted octanol–water partition coefficient (Wildman–Crippen LogP) is 3.98. The lowest BCUT2D eigenvalue weighted by Gasteiger charge is -2.14. The van der Waals surface area contributed by atoms with Gasteiger partial charge in [-0.15, -0.1) is 12.4 Å². The van der Waals surface area contributed by atoms with Crippen LogP contribution in [-0.4, -0.2) is 26.2 Å². The quantitative estimate of drug-likeness (QED) is 0.789. The number of nitrogen functional groups attached to an aromatic ring is 1. The molecule has 2 N–H and O–H groups in total. The van der Waals surface area contributed by atoms with Crippen molar-refractivity contribution in [2.45, 2.75) is 0 Å². The van der Waals surface area contributed by atoms with E-state index in [0.29, 0.717) is 5.82 Å². The molecule has 3 aromatic rings. The SMILES string of the molecule is COc1cccc(-c2cc3ccc(N(C)C)cc3c(N)n2)c1.Cl. The van der Waals surface area contributed by atoms with Crippen molar-refractivity contribution in [2.24, 2.45) is 0 Å². The molecule has 0 radical (unpaired) electrons. The first-order valence-electron chi connectivity index (χ1n) is 7.10. The fraction of sp³-hybridized carbons (Fsp3) is 0.167. The second-order valence-electron chi connectivity index (χ2n) is 5.42. The zero-order valence-corrected chi connectivity index (χ0v) is 14.2. The molecule has 4 nitrogen and oxygen atoms in total. The van der Waals surface area contributed by atoms with Crippen LogP contribution in [0.1, 0.15) is 0 Å². The third-order valence-electron chi connectivity index (χ3n) is 3.73. The second kappa shape index (κ2) is 6.75. The van der Waals surface area contributed by atoms with Gasteiger partial charge in [-0.25, -0.2) is 4.98 Å². The number of rotatable bonds is 3. The summed E-state index contributed by atoms with van der Waals surface area (Å²) in [6.45, 7) is 0. The van der Waals surface area contributed by atoms with Crippen LogP contribution in [0.3, 0.4) is 0 Å². The second-order valence-corrected chi connectivity index (χ2v) is 5.42. The van der Waals surface area contributed by atoms with E-state index in [2.05, 4.69) is 34.1 Å². The Labute approximate surface area is 142 Å². The summed E-state index contributed by atoms with van der Waals surface area (Å²) in [5.41, 5.74) is 9.12. The van der Waals surface area contributed by atoms with Gasteiger partial charge in [-0.3, -0.25) is 0 Å². The molecule has 1 aromatic heterocycles. The number of hydrogen-bond acceptors (Lipinski definition) is 4. The number of pyridine rings is 1. The third-order valence-corrected chi connectivity index (χ3v) is 3.73. The van der Waals surface area contributed by atoms with Crippen molar-refractivity contribution in [1.29, 1.82) is 0 Å². The lowest BCUT2D eigenvalue weighted by molar-refractivity contribution is 0.415. The minimum absolute atomic E-state index is 0. The maximum atomic E-state index is 6.17. The molecular weight excluding hydrogens is 310 g/mol.